The van der Waals surface area contributed by atoms with Gasteiger partial charge in [-0.25, -0.2) is 9.59 Å². The van der Waals surface area contributed by atoms with Crippen LogP contribution in [0.4, 0.5) is 17.1 Å². The van der Waals surface area contributed by atoms with Gasteiger partial charge in [-0.05, 0) is 18.2 Å². The van der Waals surface area contributed by atoms with E-state index in [0.29, 0.717) is 22.6 Å². The molecular weight excluding hydrogens is 390 g/mol. The van der Waals surface area contributed by atoms with Crippen LogP contribution in [0.3, 0.4) is 0 Å². The largest absolute Gasteiger partial charge is 0.465 e. The Kier molecular flexibility index (Phi) is 3.84. The van der Waals surface area contributed by atoms with Crippen LogP contribution in [0.2, 0.25) is 0 Å². The minimum Gasteiger partial charge on any atom is -0.465 e. The number of hydrogen-bond donors (Lipinski definition) is 2. The number of anilines is 3. The summed E-state index contributed by atoms with van der Waals surface area (Å²) in [5.41, 5.74) is -0.0726. The molecule has 5 rings (SSSR count). The van der Waals surface area contributed by atoms with Gasteiger partial charge < -0.3 is 24.8 Å². The summed E-state index contributed by atoms with van der Waals surface area (Å²) in [6, 6.07) is 14.0. The van der Waals surface area contributed by atoms with Gasteiger partial charge in [-0.1, -0.05) is 30.3 Å². The van der Waals surface area contributed by atoms with Crippen molar-refractivity contribution < 1.29 is 28.6 Å². The summed E-state index contributed by atoms with van der Waals surface area (Å²) in [4.78, 5) is 40.8. The highest BCUT2D eigenvalue weighted by molar-refractivity contribution is 6.17. The number of hydrogen-bond acceptors (Lipinski definition) is 8. The summed E-state index contributed by atoms with van der Waals surface area (Å²) in [5.74, 6) is -2.26. The fourth-order valence-corrected chi connectivity index (χ4v) is 4.20. The number of para-hydroxylation sites is 3. The van der Waals surface area contributed by atoms with Gasteiger partial charge in [0, 0.05) is 11.3 Å². The van der Waals surface area contributed by atoms with Crippen molar-refractivity contribution in [3.05, 3.63) is 65.4 Å². The minimum absolute atomic E-state index is 0.120. The Bertz CT molecular complexity index is 1140. The number of carbonyl (C=O) groups is 3. The van der Waals surface area contributed by atoms with E-state index in [9.17, 15) is 14.4 Å². The first-order valence-corrected chi connectivity index (χ1v) is 9.18. The SMILES string of the molecule is COC(=O)C1=C(C(=O)OC)C2(O[C@H]3Nc4ccccc4N13)C(=O)Nc1ccccc12. The van der Waals surface area contributed by atoms with Crippen molar-refractivity contribution in [1.82, 2.24) is 0 Å². The van der Waals surface area contributed by atoms with Crippen LogP contribution in [0.1, 0.15) is 5.56 Å². The lowest BCUT2D eigenvalue weighted by Crippen LogP contribution is -2.57. The molecule has 0 fully saturated rings. The van der Waals surface area contributed by atoms with Gasteiger partial charge in [0.05, 0.1) is 25.6 Å². The third-order valence-corrected chi connectivity index (χ3v) is 5.44. The van der Waals surface area contributed by atoms with Gasteiger partial charge in [0.25, 0.3) is 5.91 Å². The van der Waals surface area contributed by atoms with Crippen LogP contribution in [0, 0.1) is 0 Å². The molecule has 1 amide bonds. The lowest BCUT2D eigenvalue weighted by atomic mass is 9.83. The van der Waals surface area contributed by atoms with Crippen molar-refractivity contribution in [3.63, 3.8) is 0 Å². The highest BCUT2D eigenvalue weighted by atomic mass is 16.6. The number of methoxy groups -OCH3 is 2. The van der Waals surface area contributed by atoms with Crippen LogP contribution in [0.15, 0.2) is 59.8 Å². The second-order valence-electron chi connectivity index (χ2n) is 6.89. The van der Waals surface area contributed by atoms with E-state index >= 15 is 0 Å². The Balaban J connectivity index is 1.86. The van der Waals surface area contributed by atoms with Crippen molar-refractivity contribution in [2.24, 2.45) is 0 Å². The van der Waals surface area contributed by atoms with Crippen LogP contribution in [-0.4, -0.2) is 38.4 Å². The summed E-state index contributed by atoms with van der Waals surface area (Å²) < 4.78 is 16.3. The molecule has 9 nitrogen and oxygen atoms in total. The first-order chi connectivity index (χ1) is 14.5. The fourth-order valence-electron chi connectivity index (χ4n) is 4.20. The molecular formula is C21H17N3O6. The van der Waals surface area contributed by atoms with Gasteiger partial charge in [-0.15, -0.1) is 0 Å². The number of carbonyl (C=O) groups excluding carboxylic acids is 3. The summed E-state index contributed by atoms with van der Waals surface area (Å²) in [7, 11) is 2.39. The number of nitrogens with zero attached hydrogens (tertiary/aromatic N) is 1. The zero-order valence-electron chi connectivity index (χ0n) is 16.1. The number of esters is 2. The second-order valence-corrected chi connectivity index (χ2v) is 6.89. The molecule has 2 aromatic rings. The maximum atomic E-state index is 13.3. The summed E-state index contributed by atoms with van der Waals surface area (Å²) >= 11 is 0. The van der Waals surface area contributed by atoms with Crippen molar-refractivity contribution in [1.29, 1.82) is 0 Å². The molecule has 3 aliphatic heterocycles. The molecule has 0 aromatic heterocycles. The van der Waals surface area contributed by atoms with E-state index in [1.807, 2.05) is 6.07 Å². The van der Waals surface area contributed by atoms with Crippen LogP contribution in [0.25, 0.3) is 0 Å². The standard InChI is InChI=1S/C21H17N3O6/c1-28-17(25)15-16(18(26)29-2)24-14-10-6-5-9-13(14)23-20(24)30-21(15)11-7-3-4-8-12(11)22-19(21)27/h3-10,20,23H,1-2H3,(H,22,27)/t20-,21?/m0/s1. The minimum atomic E-state index is -1.89. The molecule has 0 bridgehead atoms. The third kappa shape index (κ3) is 2.17. The first-order valence-electron chi connectivity index (χ1n) is 9.18. The molecule has 2 atom stereocenters. The molecule has 9 heteroatoms. The number of amides is 1. The van der Waals surface area contributed by atoms with Crippen molar-refractivity contribution in [2.45, 2.75) is 12.0 Å². The molecule has 0 radical (unpaired) electrons. The van der Waals surface area contributed by atoms with E-state index in [0.717, 1.165) is 0 Å². The molecule has 3 heterocycles. The topological polar surface area (TPSA) is 106 Å². The third-order valence-electron chi connectivity index (χ3n) is 5.44. The lowest BCUT2D eigenvalue weighted by molar-refractivity contribution is -0.155. The second kappa shape index (κ2) is 6.33. The van der Waals surface area contributed by atoms with Gasteiger partial charge >= 0.3 is 11.9 Å². The van der Waals surface area contributed by atoms with Crippen LogP contribution in [-0.2, 0) is 34.2 Å². The summed E-state index contributed by atoms with van der Waals surface area (Å²) in [5, 5.41) is 5.90. The molecule has 1 spiro atoms. The number of fused-ring (bicyclic) bond motifs is 5. The highest BCUT2D eigenvalue weighted by Gasteiger charge is 2.62. The van der Waals surface area contributed by atoms with Gasteiger partial charge in [0.1, 0.15) is 11.3 Å². The summed E-state index contributed by atoms with van der Waals surface area (Å²) in [6.07, 6.45) is -0.929. The van der Waals surface area contributed by atoms with E-state index in [4.69, 9.17) is 14.2 Å². The van der Waals surface area contributed by atoms with Crippen LogP contribution >= 0.6 is 0 Å². The van der Waals surface area contributed by atoms with Gasteiger partial charge in [-0.3, -0.25) is 9.69 Å². The Morgan fingerprint density at radius 2 is 1.67 bits per heavy atom. The van der Waals surface area contributed by atoms with Crippen molar-refractivity contribution in [2.75, 3.05) is 29.8 Å². The predicted molar refractivity (Wildman–Crippen MR) is 105 cm³/mol. The average molecular weight is 407 g/mol. The van der Waals surface area contributed by atoms with E-state index < -0.39 is 29.8 Å². The molecule has 152 valence electrons. The molecule has 2 aromatic carbocycles. The lowest BCUT2D eigenvalue weighted by Gasteiger charge is -2.42. The Morgan fingerprint density at radius 3 is 2.40 bits per heavy atom. The maximum Gasteiger partial charge on any atom is 0.355 e. The summed E-state index contributed by atoms with van der Waals surface area (Å²) in [6.45, 7) is 0. The van der Waals surface area contributed by atoms with Crippen LogP contribution in [0.5, 0.6) is 0 Å². The maximum absolute atomic E-state index is 13.3. The van der Waals surface area contributed by atoms with Crippen molar-refractivity contribution >= 4 is 34.9 Å². The Labute approximate surface area is 171 Å². The quantitative estimate of drug-likeness (QED) is 0.725. The molecule has 0 aliphatic carbocycles. The molecule has 0 saturated carbocycles. The van der Waals surface area contributed by atoms with E-state index in [2.05, 4.69) is 10.6 Å². The first kappa shape index (κ1) is 18.2. The van der Waals surface area contributed by atoms with Gasteiger partial charge in [0.2, 0.25) is 12.0 Å². The van der Waals surface area contributed by atoms with Crippen LogP contribution < -0.4 is 15.5 Å². The number of nitrogens with one attached hydrogen (secondary N) is 2. The average Bonchev–Trinajstić information content (AvgIpc) is 3.27. The molecule has 1 unspecified atom stereocenters. The number of benzene rings is 2. The highest BCUT2D eigenvalue weighted by Crippen LogP contribution is 2.52. The van der Waals surface area contributed by atoms with Gasteiger partial charge in [-0.2, -0.15) is 0 Å². The molecule has 0 saturated heterocycles. The number of ether oxygens (including phenoxy) is 3. The fraction of sp³-hybridized carbons (Fsp3) is 0.190. The van der Waals surface area contributed by atoms with Gasteiger partial charge in [0.15, 0.2) is 0 Å². The number of rotatable bonds is 2. The monoisotopic (exact) mass is 407 g/mol. The zero-order chi connectivity index (χ0) is 21.0. The molecule has 2 N–H and O–H groups in total. The normalized spacial score (nSPS) is 23.3. The van der Waals surface area contributed by atoms with Crippen molar-refractivity contribution in [3.8, 4) is 0 Å². The van der Waals surface area contributed by atoms with E-state index in [-0.39, 0.29) is 11.3 Å². The molecule has 30 heavy (non-hydrogen) atoms. The smallest absolute Gasteiger partial charge is 0.355 e. The Hall–Kier alpha value is -3.85. The van der Waals surface area contributed by atoms with E-state index in [1.165, 1.54) is 19.1 Å². The Morgan fingerprint density at radius 1 is 1.00 bits per heavy atom. The molecule has 3 aliphatic rings. The predicted octanol–water partition coefficient (Wildman–Crippen LogP) is 1.68. The van der Waals surface area contributed by atoms with E-state index in [1.54, 1.807) is 42.5 Å². The zero-order valence-corrected chi connectivity index (χ0v) is 16.1.